The first kappa shape index (κ1) is 21.8. The van der Waals surface area contributed by atoms with Crippen molar-refractivity contribution < 1.29 is 19.1 Å². The van der Waals surface area contributed by atoms with Crippen LogP contribution in [0.25, 0.3) is 0 Å². The van der Waals surface area contributed by atoms with Gasteiger partial charge in [-0.25, -0.2) is 4.98 Å². The lowest BCUT2D eigenvalue weighted by molar-refractivity contribution is 0.0716. The van der Waals surface area contributed by atoms with Crippen LogP contribution in [0.4, 0.5) is 0 Å². The van der Waals surface area contributed by atoms with Crippen LogP contribution in [-0.2, 0) is 6.61 Å². The molecular formula is C24H25N3O4S. The zero-order chi connectivity index (χ0) is 22.3. The first-order chi connectivity index (χ1) is 15.7. The number of carbonyl (C=O) groups is 2. The number of nitrogens with zero attached hydrogens (tertiary/aromatic N) is 3. The van der Waals surface area contributed by atoms with Crippen LogP contribution in [0.15, 0.2) is 59.4 Å². The van der Waals surface area contributed by atoms with E-state index in [0.717, 1.165) is 5.69 Å². The Balaban J connectivity index is 1.39. The molecule has 1 aliphatic rings. The number of aromatic nitrogens is 1. The molecule has 0 atom stereocenters. The van der Waals surface area contributed by atoms with Crippen molar-refractivity contribution in [2.75, 3.05) is 33.3 Å². The molecule has 4 rings (SSSR count). The Labute approximate surface area is 191 Å². The van der Waals surface area contributed by atoms with Crippen LogP contribution in [0.1, 0.15) is 32.8 Å². The quantitative estimate of drug-likeness (QED) is 0.571. The molecule has 1 aliphatic heterocycles. The molecule has 0 unspecified atom stereocenters. The summed E-state index contributed by atoms with van der Waals surface area (Å²) >= 11 is 1.52. The summed E-state index contributed by atoms with van der Waals surface area (Å²) in [7, 11) is 1.56. The number of benzene rings is 2. The van der Waals surface area contributed by atoms with Crippen molar-refractivity contribution in [3.8, 4) is 11.5 Å². The number of rotatable bonds is 6. The molecule has 0 spiro atoms. The summed E-state index contributed by atoms with van der Waals surface area (Å²) in [6.45, 7) is 2.51. The summed E-state index contributed by atoms with van der Waals surface area (Å²) in [4.78, 5) is 33.9. The van der Waals surface area contributed by atoms with E-state index in [1.807, 2.05) is 29.6 Å². The van der Waals surface area contributed by atoms with Crippen LogP contribution in [0.2, 0.25) is 0 Å². The molecular weight excluding hydrogens is 426 g/mol. The predicted octanol–water partition coefficient (Wildman–Crippen LogP) is 3.72. The van der Waals surface area contributed by atoms with Crippen LogP contribution >= 0.6 is 11.3 Å². The second kappa shape index (κ2) is 10.3. The van der Waals surface area contributed by atoms with Gasteiger partial charge >= 0.3 is 0 Å². The third-order valence-electron chi connectivity index (χ3n) is 5.36. The van der Waals surface area contributed by atoms with Gasteiger partial charge in [0.1, 0.15) is 18.1 Å². The second-order valence-electron chi connectivity index (χ2n) is 7.43. The van der Waals surface area contributed by atoms with Gasteiger partial charge in [0.25, 0.3) is 11.8 Å². The van der Waals surface area contributed by atoms with E-state index in [9.17, 15) is 9.59 Å². The molecule has 1 saturated heterocycles. The Hall–Kier alpha value is -3.39. The molecule has 8 heteroatoms. The van der Waals surface area contributed by atoms with Crippen LogP contribution in [-0.4, -0.2) is 59.9 Å². The largest absolute Gasteiger partial charge is 0.496 e. The Morgan fingerprint density at radius 3 is 2.53 bits per heavy atom. The average molecular weight is 452 g/mol. The van der Waals surface area contributed by atoms with Gasteiger partial charge in [0.05, 0.1) is 23.9 Å². The van der Waals surface area contributed by atoms with Crippen LogP contribution in [0.3, 0.4) is 0 Å². The highest BCUT2D eigenvalue weighted by molar-refractivity contribution is 7.07. The van der Waals surface area contributed by atoms with Crippen molar-refractivity contribution in [2.45, 2.75) is 13.0 Å². The zero-order valence-electron chi connectivity index (χ0n) is 17.9. The topological polar surface area (TPSA) is 72.0 Å². The Kier molecular flexibility index (Phi) is 7.01. The third-order valence-corrected chi connectivity index (χ3v) is 5.99. The number of thiazole rings is 1. The molecule has 32 heavy (non-hydrogen) atoms. The van der Waals surface area contributed by atoms with Crippen molar-refractivity contribution in [3.63, 3.8) is 0 Å². The van der Waals surface area contributed by atoms with Gasteiger partial charge in [-0.15, -0.1) is 11.3 Å². The van der Waals surface area contributed by atoms with E-state index >= 15 is 0 Å². The van der Waals surface area contributed by atoms with Crippen LogP contribution in [0, 0.1) is 0 Å². The molecule has 0 aliphatic carbocycles. The molecule has 1 aromatic heterocycles. The van der Waals surface area contributed by atoms with Gasteiger partial charge < -0.3 is 19.3 Å². The van der Waals surface area contributed by atoms with Gasteiger partial charge in [-0.05, 0) is 36.8 Å². The summed E-state index contributed by atoms with van der Waals surface area (Å²) in [6, 6.07) is 14.4. The highest BCUT2D eigenvalue weighted by Crippen LogP contribution is 2.21. The first-order valence-electron chi connectivity index (χ1n) is 10.5. The lowest BCUT2D eigenvalue weighted by Crippen LogP contribution is -2.37. The van der Waals surface area contributed by atoms with E-state index in [-0.39, 0.29) is 11.8 Å². The van der Waals surface area contributed by atoms with E-state index in [2.05, 4.69) is 4.98 Å². The van der Waals surface area contributed by atoms with Crippen molar-refractivity contribution in [1.29, 1.82) is 0 Å². The zero-order valence-corrected chi connectivity index (χ0v) is 18.7. The summed E-state index contributed by atoms with van der Waals surface area (Å²) in [6.07, 6.45) is 0.715. The van der Waals surface area contributed by atoms with E-state index < -0.39 is 0 Å². The summed E-state index contributed by atoms with van der Waals surface area (Å²) in [5.41, 5.74) is 3.74. The van der Waals surface area contributed by atoms with Gasteiger partial charge in [0, 0.05) is 37.1 Å². The lowest BCUT2D eigenvalue weighted by atomic mass is 10.1. The number of carbonyl (C=O) groups excluding carboxylic acids is 2. The van der Waals surface area contributed by atoms with E-state index in [1.165, 1.54) is 11.3 Å². The SMILES string of the molecule is COc1ccccc1C(=O)N1CCCN(C(=O)c2cccc(OCc3cscn3)c2)CC1. The second-order valence-corrected chi connectivity index (χ2v) is 8.15. The predicted molar refractivity (Wildman–Crippen MR) is 122 cm³/mol. The van der Waals surface area contributed by atoms with Crippen molar-refractivity contribution in [1.82, 2.24) is 14.8 Å². The number of ether oxygens (including phenoxy) is 2. The van der Waals surface area contributed by atoms with Crippen molar-refractivity contribution in [2.24, 2.45) is 0 Å². The number of hydrogen-bond acceptors (Lipinski definition) is 6. The highest BCUT2D eigenvalue weighted by Gasteiger charge is 2.25. The number of amides is 2. The molecule has 2 amide bonds. The lowest BCUT2D eigenvalue weighted by Gasteiger charge is -2.23. The van der Waals surface area contributed by atoms with Crippen LogP contribution in [0.5, 0.6) is 11.5 Å². The van der Waals surface area contributed by atoms with Crippen LogP contribution < -0.4 is 9.47 Å². The van der Waals surface area contributed by atoms with E-state index in [0.29, 0.717) is 61.8 Å². The third kappa shape index (κ3) is 5.08. The van der Waals surface area contributed by atoms with Gasteiger partial charge in [-0.2, -0.15) is 0 Å². The average Bonchev–Trinajstić information content (AvgIpc) is 3.24. The molecule has 0 bridgehead atoms. The number of methoxy groups -OCH3 is 1. The summed E-state index contributed by atoms with van der Waals surface area (Å²) in [5, 5.41) is 1.93. The Morgan fingerprint density at radius 2 is 1.78 bits per heavy atom. The number of hydrogen-bond donors (Lipinski definition) is 0. The molecule has 1 fully saturated rings. The van der Waals surface area contributed by atoms with E-state index in [4.69, 9.17) is 9.47 Å². The molecule has 0 saturated carbocycles. The van der Waals surface area contributed by atoms with E-state index in [1.54, 1.807) is 46.7 Å². The maximum atomic E-state index is 13.1. The summed E-state index contributed by atoms with van der Waals surface area (Å²) in [5.74, 6) is 1.06. The summed E-state index contributed by atoms with van der Waals surface area (Å²) < 4.78 is 11.1. The maximum Gasteiger partial charge on any atom is 0.257 e. The molecule has 3 aromatic rings. The smallest absolute Gasteiger partial charge is 0.257 e. The van der Waals surface area contributed by atoms with Gasteiger partial charge in [0.15, 0.2) is 0 Å². The fourth-order valence-corrected chi connectivity index (χ4v) is 4.23. The minimum Gasteiger partial charge on any atom is -0.496 e. The standard InChI is InChI=1S/C24H25N3O4S/c1-30-22-9-3-2-8-21(22)24(29)27-11-5-10-26(12-13-27)23(28)18-6-4-7-20(14-18)31-15-19-16-32-17-25-19/h2-4,6-9,14,16-17H,5,10-13,15H2,1H3. The molecule has 166 valence electrons. The molecule has 0 radical (unpaired) electrons. The minimum absolute atomic E-state index is 0.0595. The van der Waals surface area contributed by atoms with Crippen molar-refractivity contribution in [3.05, 3.63) is 76.2 Å². The first-order valence-corrected chi connectivity index (χ1v) is 11.4. The maximum absolute atomic E-state index is 13.1. The normalized spacial score (nSPS) is 14.0. The van der Waals surface area contributed by atoms with Gasteiger partial charge in [-0.1, -0.05) is 18.2 Å². The van der Waals surface area contributed by atoms with Gasteiger partial charge in [-0.3, -0.25) is 9.59 Å². The molecule has 7 nitrogen and oxygen atoms in total. The van der Waals surface area contributed by atoms with Gasteiger partial charge in [0.2, 0.25) is 0 Å². The minimum atomic E-state index is -0.0748. The fourth-order valence-electron chi connectivity index (χ4n) is 3.68. The Morgan fingerprint density at radius 1 is 1.00 bits per heavy atom. The Bertz CT molecular complexity index is 1070. The molecule has 2 heterocycles. The number of para-hydroxylation sites is 1. The molecule has 2 aromatic carbocycles. The monoisotopic (exact) mass is 451 g/mol. The molecule has 0 N–H and O–H groups in total. The highest BCUT2D eigenvalue weighted by atomic mass is 32.1. The fraction of sp³-hybridized carbons (Fsp3) is 0.292. The van der Waals surface area contributed by atoms with Crippen molar-refractivity contribution >= 4 is 23.2 Å².